The van der Waals surface area contributed by atoms with Gasteiger partial charge < -0.3 is 5.84 Å². The zero-order valence-electron chi connectivity index (χ0n) is 9.95. The lowest BCUT2D eigenvalue weighted by Crippen LogP contribution is -2.13. The van der Waals surface area contributed by atoms with Gasteiger partial charge in [-0.15, -0.1) is 10.2 Å². The van der Waals surface area contributed by atoms with Crippen LogP contribution in [0.5, 0.6) is 0 Å². The first-order valence-corrected chi connectivity index (χ1v) is 5.99. The standard InChI is InChI=1S/C14H14N4/c15-18-13(11-7-3-1-4-8-11)16-17-14(18)12-9-5-2-6-10-12/h1,3-5,7-10H,2,6,15H2. The minimum absolute atomic E-state index is 0.686. The second kappa shape index (κ2) is 4.49. The molecule has 0 saturated carbocycles. The molecule has 1 aliphatic rings. The molecule has 1 aromatic heterocycles. The Bertz CT molecular complexity index is 608. The summed E-state index contributed by atoms with van der Waals surface area (Å²) < 4.78 is 1.55. The molecule has 0 bridgehead atoms. The van der Waals surface area contributed by atoms with Crippen molar-refractivity contribution in [1.82, 2.24) is 14.9 Å². The minimum Gasteiger partial charge on any atom is -0.336 e. The van der Waals surface area contributed by atoms with E-state index in [1.165, 1.54) is 0 Å². The van der Waals surface area contributed by atoms with Crippen LogP contribution in [0.15, 0.2) is 48.6 Å². The lowest BCUT2D eigenvalue weighted by atomic mass is 10.1. The molecule has 3 rings (SSSR count). The SMILES string of the molecule is Nn1c(C2=CCCC=C2)nnc1-c1ccccc1. The summed E-state index contributed by atoms with van der Waals surface area (Å²) in [5, 5.41) is 8.36. The van der Waals surface area contributed by atoms with Gasteiger partial charge in [0.15, 0.2) is 11.6 Å². The van der Waals surface area contributed by atoms with Gasteiger partial charge in [0.2, 0.25) is 0 Å². The van der Waals surface area contributed by atoms with Crippen molar-refractivity contribution in [2.45, 2.75) is 12.8 Å². The molecule has 2 N–H and O–H groups in total. The summed E-state index contributed by atoms with van der Waals surface area (Å²) in [5.41, 5.74) is 2.01. The van der Waals surface area contributed by atoms with Crippen molar-refractivity contribution in [2.24, 2.45) is 0 Å². The van der Waals surface area contributed by atoms with Crippen LogP contribution < -0.4 is 5.84 Å². The molecular formula is C14H14N4. The highest BCUT2D eigenvalue weighted by molar-refractivity contribution is 5.72. The van der Waals surface area contributed by atoms with E-state index >= 15 is 0 Å². The van der Waals surface area contributed by atoms with Gasteiger partial charge in [-0.25, -0.2) is 4.68 Å². The van der Waals surface area contributed by atoms with Gasteiger partial charge in [0.05, 0.1) is 0 Å². The van der Waals surface area contributed by atoms with Crippen molar-refractivity contribution in [2.75, 3.05) is 5.84 Å². The van der Waals surface area contributed by atoms with Crippen LogP contribution in [0.25, 0.3) is 17.0 Å². The smallest absolute Gasteiger partial charge is 0.182 e. The van der Waals surface area contributed by atoms with Crippen LogP contribution in [0.3, 0.4) is 0 Å². The van der Waals surface area contributed by atoms with E-state index in [1.54, 1.807) is 4.68 Å². The molecule has 4 heteroatoms. The fourth-order valence-corrected chi connectivity index (χ4v) is 2.05. The highest BCUT2D eigenvalue weighted by Crippen LogP contribution is 2.22. The summed E-state index contributed by atoms with van der Waals surface area (Å²) in [6.45, 7) is 0. The lowest BCUT2D eigenvalue weighted by Gasteiger charge is -2.07. The Morgan fingerprint density at radius 2 is 1.78 bits per heavy atom. The van der Waals surface area contributed by atoms with Crippen molar-refractivity contribution < 1.29 is 0 Å². The Hall–Kier alpha value is -2.36. The quantitative estimate of drug-likeness (QED) is 0.817. The maximum Gasteiger partial charge on any atom is 0.182 e. The summed E-state index contributed by atoms with van der Waals surface area (Å²) in [4.78, 5) is 0. The van der Waals surface area contributed by atoms with E-state index in [0.29, 0.717) is 11.6 Å². The predicted molar refractivity (Wildman–Crippen MR) is 72.0 cm³/mol. The van der Waals surface area contributed by atoms with Gasteiger partial charge in [0.25, 0.3) is 0 Å². The van der Waals surface area contributed by atoms with Crippen molar-refractivity contribution in [3.63, 3.8) is 0 Å². The minimum atomic E-state index is 0.686. The number of nitrogens with two attached hydrogens (primary N) is 1. The summed E-state index contributed by atoms with van der Waals surface area (Å²) in [6.07, 6.45) is 8.42. The summed E-state index contributed by atoms with van der Waals surface area (Å²) in [7, 11) is 0. The van der Waals surface area contributed by atoms with E-state index in [-0.39, 0.29) is 0 Å². The lowest BCUT2D eigenvalue weighted by molar-refractivity contribution is 0.964. The van der Waals surface area contributed by atoms with Crippen molar-refractivity contribution in [1.29, 1.82) is 0 Å². The van der Waals surface area contributed by atoms with E-state index in [2.05, 4.69) is 22.3 Å². The third-order valence-corrected chi connectivity index (χ3v) is 2.98. The maximum atomic E-state index is 6.08. The number of hydrogen-bond donors (Lipinski definition) is 1. The molecule has 2 aromatic rings. The Labute approximate surface area is 105 Å². The third kappa shape index (κ3) is 1.82. The molecule has 0 unspecified atom stereocenters. The summed E-state index contributed by atoms with van der Waals surface area (Å²) in [5.74, 6) is 7.48. The second-order valence-corrected chi connectivity index (χ2v) is 4.22. The van der Waals surface area contributed by atoms with Gasteiger partial charge in [0, 0.05) is 11.1 Å². The molecule has 0 radical (unpaired) electrons. The molecule has 0 fully saturated rings. The van der Waals surface area contributed by atoms with E-state index in [0.717, 1.165) is 24.0 Å². The summed E-state index contributed by atoms with van der Waals surface area (Å²) in [6, 6.07) is 9.84. The van der Waals surface area contributed by atoms with E-state index < -0.39 is 0 Å². The Balaban J connectivity index is 2.03. The van der Waals surface area contributed by atoms with Gasteiger partial charge in [-0.05, 0) is 12.8 Å². The molecule has 0 amide bonds. The largest absolute Gasteiger partial charge is 0.336 e. The maximum absolute atomic E-state index is 6.08. The first-order chi connectivity index (χ1) is 8.86. The number of benzene rings is 1. The molecule has 0 aliphatic heterocycles. The number of hydrogen-bond acceptors (Lipinski definition) is 3. The molecule has 1 aliphatic carbocycles. The molecular weight excluding hydrogens is 224 g/mol. The fraction of sp³-hybridized carbons (Fsp3) is 0.143. The average molecular weight is 238 g/mol. The molecule has 4 nitrogen and oxygen atoms in total. The normalized spacial score (nSPS) is 14.6. The van der Waals surface area contributed by atoms with Crippen LogP contribution in [0.1, 0.15) is 18.7 Å². The number of nitrogens with zero attached hydrogens (tertiary/aromatic N) is 3. The number of nitrogen functional groups attached to an aromatic ring is 1. The van der Waals surface area contributed by atoms with E-state index in [4.69, 9.17) is 5.84 Å². The zero-order valence-corrected chi connectivity index (χ0v) is 9.95. The number of aromatic nitrogens is 3. The van der Waals surface area contributed by atoms with Crippen LogP contribution in [-0.4, -0.2) is 14.9 Å². The molecule has 18 heavy (non-hydrogen) atoms. The summed E-state index contributed by atoms with van der Waals surface area (Å²) >= 11 is 0. The average Bonchev–Trinajstić information content (AvgIpc) is 2.83. The van der Waals surface area contributed by atoms with Gasteiger partial charge in [-0.2, -0.15) is 0 Å². The molecule has 0 saturated heterocycles. The first kappa shape index (κ1) is 10.8. The van der Waals surface area contributed by atoms with E-state index in [1.807, 2.05) is 36.4 Å². The highest BCUT2D eigenvalue weighted by atomic mass is 15.4. The highest BCUT2D eigenvalue weighted by Gasteiger charge is 2.14. The van der Waals surface area contributed by atoms with E-state index in [9.17, 15) is 0 Å². The van der Waals surface area contributed by atoms with Gasteiger partial charge >= 0.3 is 0 Å². The van der Waals surface area contributed by atoms with Gasteiger partial charge in [0.1, 0.15) is 0 Å². The Kier molecular flexibility index (Phi) is 2.68. The number of allylic oxidation sites excluding steroid dienone is 4. The Morgan fingerprint density at radius 3 is 2.50 bits per heavy atom. The van der Waals surface area contributed by atoms with Crippen LogP contribution in [-0.2, 0) is 0 Å². The molecule has 0 spiro atoms. The number of rotatable bonds is 2. The Morgan fingerprint density at radius 1 is 1.00 bits per heavy atom. The van der Waals surface area contributed by atoms with Gasteiger partial charge in [-0.1, -0.05) is 48.6 Å². The first-order valence-electron chi connectivity index (χ1n) is 5.99. The molecule has 1 heterocycles. The zero-order chi connectivity index (χ0) is 12.4. The molecule has 1 aromatic carbocycles. The van der Waals surface area contributed by atoms with Crippen LogP contribution in [0.4, 0.5) is 0 Å². The van der Waals surface area contributed by atoms with Crippen LogP contribution >= 0.6 is 0 Å². The van der Waals surface area contributed by atoms with Crippen LogP contribution in [0, 0.1) is 0 Å². The van der Waals surface area contributed by atoms with Crippen molar-refractivity contribution in [3.8, 4) is 11.4 Å². The molecule has 0 atom stereocenters. The van der Waals surface area contributed by atoms with Gasteiger partial charge in [-0.3, -0.25) is 0 Å². The topological polar surface area (TPSA) is 56.7 Å². The molecule has 90 valence electrons. The predicted octanol–water partition coefficient (Wildman–Crippen LogP) is 2.39. The van der Waals surface area contributed by atoms with Crippen LogP contribution in [0.2, 0.25) is 0 Å². The van der Waals surface area contributed by atoms with Crippen molar-refractivity contribution in [3.05, 3.63) is 54.4 Å². The fourth-order valence-electron chi connectivity index (χ4n) is 2.05. The third-order valence-electron chi connectivity index (χ3n) is 2.98. The second-order valence-electron chi connectivity index (χ2n) is 4.22. The monoisotopic (exact) mass is 238 g/mol. The van der Waals surface area contributed by atoms with Crippen molar-refractivity contribution >= 4 is 5.57 Å².